The van der Waals surface area contributed by atoms with Gasteiger partial charge in [-0.25, -0.2) is 0 Å². The highest BCUT2D eigenvalue weighted by atomic mass is 19.3. The minimum absolute atomic E-state index is 0.114. The first-order chi connectivity index (χ1) is 21.8. The van der Waals surface area contributed by atoms with Gasteiger partial charge in [-0.15, -0.1) is 0 Å². The number of aryl methyl sites for hydroxylation is 1. The van der Waals surface area contributed by atoms with Crippen LogP contribution in [0, 0.1) is 0 Å². The molecule has 12 heteroatoms. The predicted octanol–water partition coefficient (Wildman–Crippen LogP) is 4.08. The van der Waals surface area contributed by atoms with Gasteiger partial charge in [-0.3, -0.25) is 14.5 Å². The number of amides is 2. The number of hydrogen-bond acceptors (Lipinski definition) is 8. The van der Waals surface area contributed by atoms with Crippen molar-refractivity contribution in [2.75, 3.05) is 33.9 Å². The second kappa shape index (κ2) is 14.9. The number of hydrogen-bond donors (Lipinski definition) is 2. The van der Waals surface area contributed by atoms with Gasteiger partial charge in [0.05, 0.1) is 20.3 Å². The van der Waals surface area contributed by atoms with Crippen LogP contribution in [-0.2, 0) is 29.1 Å². The number of piperidine rings is 1. The Morgan fingerprint density at radius 1 is 0.956 bits per heavy atom. The zero-order valence-corrected chi connectivity index (χ0v) is 25.2. The van der Waals surface area contributed by atoms with Gasteiger partial charge >= 0.3 is 6.61 Å². The van der Waals surface area contributed by atoms with E-state index in [1.54, 1.807) is 43.5 Å². The lowest BCUT2D eigenvalue weighted by molar-refractivity contribution is -0.125. The molecule has 2 atom stereocenters. The summed E-state index contributed by atoms with van der Waals surface area (Å²) in [5, 5.41) is 6.00. The minimum Gasteiger partial charge on any atom is -0.496 e. The maximum atomic E-state index is 13.2. The van der Waals surface area contributed by atoms with Crippen LogP contribution < -0.4 is 34.3 Å². The molecule has 0 radical (unpaired) electrons. The predicted molar refractivity (Wildman–Crippen MR) is 161 cm³/mol. The Morgan fingerprint density at radius 2 is 1.78 bits per heavy atom. The van der Waals surface area contributed by atoms with Crippen molar-refractivity contribution >= 4 is 11.8 Å². The average molecular weight is 626 g/mol. The van der Waals surface area contributed by atoms with Crippen molar-refractivity contribution in [2.45, 2.75) is 51.1 Å². The summed E-state index contributed by atoms with van der Waals surface area (Å²) in [7, 11) is 3.07. The Balaban J connectivity index is 1.40. The van der Waals surface area contributed by atoms with Gasteiger partial charge in [0.2, 0.25) is 5.91 Å². The fraction of sp³-hybridized carbons (Fsp3) is 0.394. The molecule has 240 valence electrons. The number of nitrogens with one attached hydrogen (secondary N) is 2. The molecule has 45 heavy (non-hydrogen) atoms. The van der Waals surface area contributed by atoms with Crippen LogP contribution >= 0.6 is 0 Å². The van der Waals surface area contributed by atoms with E-state index in [-0.39, 0.29) is 37.1 Å². The number of fused-ring (bicyclic) bond motifs is 9. The summed E-state index contributed by atoms with van der Waals surface area (Å²) < 4.78 is 54.1. The third-order valence-electron chi connectivity index (χ3n) is 7.81. The molecule has 6 rings (SSSR count). The summed E-state index contributed by atoms with van der Waals surface area (Å²) in [5.74, 6) is 1.59. The van der Waals surface area contributed by atoms with Gasteiger partial charge < -0.3 is 34.3 Å². The van der Waals surface area contributed by atoms with Gasteiger partial charge in [0.25, 0.3) is 5.91 Å². The molecule has 3 aromatic rings. The molecule has 2 N–H and O–H groups in total. The van der Waals surface area contributed by atoms with E-state index in [1.165, 1.54) is 13.2 Å². The Bertz CT molecular complexity index is 1490. The van der Waals surface area contributed by atoms with Gasteiger partial charge in [-0.2, -0.15) is 8.78 Å². The number of carbonyl (C=O) groups is 2. The molecule has 3 aromatic carbocycles. The van der Waals surface area contributed by atoms with Crippen molar-refractivity contribution in [3.63, 3.8) is 0 Å². The molecule has 0 aliphatic carbocycles. The van der Waals surface area contributed by atoms with Crippen LogP contribution in [0.3, 0.4) is 0 Å². The number of likely N-dealkylation sites (tertiary alicyclic amines) is 1. The molecule has 0 saturated carbocycles. The smallest absolute Gasteiger partial charge is 0.387 e. The first kappa shape index (κ1) is 31.8. The minimum atomic E-state index is -2.94. The highest BCUT2D eigenvalue weighted by molar-refractivity contribution is 5.78. The van der Waals surface area contributed by atoms with Gasteiger partial charge in [0.1, 0.15) is 23.4 Å². The maximum absolute atomic E-state index is 13.2. The molecular formula is C33H37F2N3O7. The van der Waals surface area contributed by atoms with Crippen molar-refractivity contribution in [2.24, 2.45) is 0 Å². The number of methoxy groups -OCH3 is 2. The number of benzene rings is 3. The van der Waals surface area contributed by atoms with E-state index in [2.05, 4.69) is 15.5 Å². The van der Waals surface area contributed by atoms with E-state index >= 15 is 0 Å². The van der Waals surface area contributed by atoms with Crippen LogP contribution in [0.25, 0.3) is 0 Å². The fourth-order valence-electron chi connectivity index (χ4n) is 5.55. The van der Waals surface area contributed by atoms with Crippen molar-refractivity contribution in [3.05, 3.63) is 77.4 Å². The SMILES string of the molecule is COc1cc2ccc1CNC(=O)CCc1ccc(OC)c(c1)OCC(=O)N[C@@H]1CN(Cc3ccccc3OC(F)F)CC[C@@H]1O2. The molecule has 1 fully saturated rings. The molecule has 0 spiro atoms. The van der Waals surface area contributed by atoms with Crippen LogP contribution in [0.5, 0.6) is 28.7 Å². The Kier molecular flexibility index (Phi) is 10.6. The highest BCUT2D eigenvalue weighted by Gasteiger charge is 2.33. The summed E-state index contributed by atoms with van der Waals surface area (Å²) in [6, 6.07) is 17.0. The number of carbonyl (C=O) groups excluding carboxylic acids is 2. The van der Waals surface area contributed by atoms with E-state index < -0.39 is 18.8 Å². The number of halogens is 2. The molecule has 3 aliphatic heterocycles. The second-order valence-corrected chi connectivity index (χ2v) is 10.9. The van der Waals surface area contributed by atoms with Crippen LogP contribution in [0.2, 0.25) is 0 Å². The zero-order chi connectivity index (χ0) is 31.8. The quantitative estimate of drug-likeness (QED) is 0.422. The molecule has 0 unspecified atom stereocenters. The first-order valence-corrected chi connectivity index (χ1v) is 14.8. The third-order valence-corrected chi connectivity index (χ3v) is 7.81. The standard InChI is InChI=1S/C33H37F2N3O7/c1-41-28-11-7-21-8-12-31(39)36-17-22-9-10-24(16-29(22)42-2)44-27-13-14-38(18-23-5-3-4-6-26(23)45-33(34)35)19-25(27)37-32(40)20-43-30(28)15-21/h3-7,9-11,15-16,25,27,33H,8,12-14,17-20H2,1-2H3,(H,36,39)(H,37,40)/t25-,27+/m1/s1. The van der Waals surface area contributed by atoms with E-state index in [1.807, 2.05) is 18.2 Å². The van der Waals surface area contributed by atoms with Crippen LogP contribution in [0.1, 0.15) is 29.5 Å². The fourth-order valence-corrected chi connectivity index (χ4v) is 5.55. The Morgan fingerprint density at radius 3 is 2.58 bits per heavy atom. The normalized spacial score (nSPS) is 19.5. The third kappa shape index (κ3) is 8.53. The largest absolute Gasteiger partial charge is 0.496 e. The van der Waals surface area contributed by atoms with Gasteiger partial charge in [-0.1, -0.05) is 24.3 Å². The lowest BCUT2D eigenvalue weighted by atomic mass is 10.0. The van der Waals surface area contributed by atoms with E-state index in [4.69, 9.17) is 23.7 Å². The molecule has 3 heterocycles. The lowest BCUT2D eigenvalue weighted by Crippen LogP contribution is -2.57. The zero-order valence-electron chi connectivity index (χ0n) is 25.2. The molecule has 0 aromatic heterocycles. The molecule has 4 bridgehead atoms. The summed E-state index contributed by atoms with van der Waals surface area (Å²) >= 11 is 0. The number of alkyl halides is 2. The first-order valence-electron chi connectivity index (χ1n) is 14.8. The van der Waals surface area contributed by atoms with Crippen LogP contribution in [0.15, 0.2) is 60.7 Å². The van der Waals surface area contributed by atoms with Crippen molar-refractivity contribution in [3.8, 4) is 28.7 Å². The van der Waals surface area contributed by atoms with Gasteiger partial charge in [0, 0.05) is 49.8 Å². The monoisotopic (exact) mass is 625 g/mol. The van der Waals surface area contributed by atoms with Crippen LogP contribution in [-0.4, -0.2) is 69.4 Å². The number of nitrogens with zero attached hydrogens (tertiary/aromatic N) is 1. The Labute approximate surface area is 260 Å². The Hall–Kier alpha value is -4.58. The number of rotatable bonds is 6. The molecular weight excluding hydrogens is 588 g/mol. The van der Waals surface area contributed by atoms with Crippen molar-refractivity contribution < 1.29 is 42.1 Å². The number of para-hydroxylation sites is 1. The summed E-state index contributed by atoms with van der Waals surface area (Å²) in [6.07, 6.45) is 0.856. The molecule has 1 saturated heterocycles. The average Bonchev–Trinajstić information content (AvgIpc) is 3.03. The maximum Gasteiger partial charge on any atom is 0.387 e. The van der Waals surface area contributed by atoms with Gasteiger partial charge in [-0.05, 0) is 48.7 Å². The van der Waals surface area contributed by atoms with Crippen molar-refractivity contribution in [1.82, 2.24) is 15.5 Å². The summed E-state index contributed by atoms with van der Waals surface area (Å²) in [4.78, 5) is 27.9. The molecule has 2 amide bonds. The second-order valence-electron chi connectivity index (χ2n) is 10.9. The topological polar surface area (TPSA) is 108 Å². The summed E-state index contributed by atoms with van der Waals surface area (Å²) in [6.45, 7) is -1.61. The van der Waals surface area contributed by atoms with Crippen LogP contribution in [0.4, 0.5) is 8.78 Å². The number of ether oxygens (including phenoxy) is 5. The molecule has 10 nitrogen and oxygen atoms in total. The van der Waals surface area contributed by atoms with E-state index in [0.717, 1.165) is 11.1 Å². The molecule has 3 aliphatic rings. The van der Waals surface area contributed by atoms with E-state index in [9.17, 15) is 18.4 Å². The lowest BCUT2D eigenvalue weighted by Gasteiger charge is -2.39. The van der Waals surface area contributed by atoms with Gasteiger partial charge in [0.15, 0.2) is 18.1 Å². The summed E-state index contributed by atoms with van der Waals surface area (Å²) in [5.41, 5.74) is 2.26. The van der Waals surface area contributed by atoms with Crippen molar-refractivity contribution in [1.29, 1.82) is 0 Å². The van der Waals surface area contributed by atoms with E-state index in [0.29, 0.717) is 61.0 Å². The highest BCUT2D eigenvalue weighted by Crippen LogP contribution is 2.30.